The molecule has 2 aromatic rings. The van der Waals surface area contributed by atoms with E-state index in [1.54, 1.807) is 7.11 Å². The highest BCUT2D eigenvalue weighted by molar-refractivity contribution is 7.80. The zero-order valence-electron chi connectivity index (χ0n) is 11.2. The summed E-state index contributed by atoms with van der Waals surface area (Å²) in [5.74, 6) is 2.33. The molecule has 1 aromatic carbocycles. The molecule has 0 aliphatic heterocycles. The number of nitrogens with zero attached hydrogens (tertiary/aromatic N) is 3. The van der Waals surface area contributed by atoms with Crippen molar-refractivity contribution in [1.82, 2.24) is 14.8 Å². The van der Waals surface area contributed by atoms with Crippen LogP contribution in [-0.2, 0) is 6.54 Å². The standard InChI is InChI=1S/C13H16N4OS/c1-8-15-9(2)17(16-8)7-10-4-5-11(13(14)19)12(6-10)18-3/h4-6H,7H2,1-3H3,(H2,14,19). The molecule has 1 aromatic heterocycles. The van der Waals surface area contributed by atoms with E-state index in [0.717, 1.165) is 22.8 Å². The molecular formula is C13H16N4OS. The van der Waals surface area contributed by atoms with E-state index in [-0.39, 0.29) is 0 Å². The van der Waals surface area contributed by atoms with Crippen LogP contribution < -0.4 is 10.5 Å². The molecule has 1 heterocycles. The number of aryl methyl sites for hydroxylation is 2. The normalized spacial score (nSPS) is 10.5. The number of hydrogen-bond donors (Lipinski definition) is 1. The molecule has 2 rings (SSSR count). The maximum absolute atomic E-state index is 5.64. The second-order valence-electron chi connectivity index (χ2n) is 4.26. The van der Waals surface area contributed by atoms with Crippen molar-refractivity contribution in [3.63, 3.8) is 0 Å². The third-order valence-electron chi connectivity index (χ3n) is 2.83. The van der Waals surface area contributed by atoms with Crippen molar-refractivity contribution in [2.24, 2.45) is 5.73 Å². The predicted octanol–water partition coefficient (Wildman–Crippen LogP) is 1.59. The average molecular weight is 276 g/mol. The molecule has 5 nitrogen and oxygen atoms in total. The predicted molar refractivity (Wildman–Crippen MR) is 77.5 cm³/mol. The van der Waals surface area contributed by atoms with E-state index in [1.165, 1.54) is 0 Å². The Morgan fingerprint density at radius 3 is 2.68 bits per heavy atom. The maximum Gasteiger partial charge on any atom is 0.147 e. The van der Waals surface area contributed by atoms with E-state index in [4.69, 9.17) is 22.7 Å². The minimum Gasteiger partial charge on any atom is -0.496 e. The number of aromatic nitrogens is 3. The molecule has 0 saturated carbocycles. The molecular weight excluding hydrogens is 260 g/mol. The summed E-state index contributed by atoms with van der Waals surface area (Å²) < 4.78 is 7.16. The first kappa shape index (κ1) is 13.5. The van der Waals surface area contributed by atoms with Gasteiger partial charge in [0.25, 0.3) is 0 Å². The summed E-state index contributed by atoms with van der Waals surface area (Å²) in [6, 6.07) is 5.76. The van der Waals surface area contributed by atoms with Crippen LogP contribution in [0, 0.1) is 13.8 Å². The van der Waals surface area contributed by atoms with Gasteiger partial charge >= 0.3 is 0 Å². The molecule has 6 heteroatoms. The van der Waals surface area contributed by atoms with Gasteiger partial charge in [0.1, 0.15) is 22.4 Å². The van der Waals surface area contributed by atoms with Crippen LogP contribution in [0.2, 0.25) is 0 Å². The minimum absolute atomic E-state index is 0.330. The van der Waals surface area contributed by atoms with Crippen molar-refractivity contribution >= 4 is 17.2 Å². The van der Waals surface area contributed by atoms with Crippen LogP contribution in [0.4, 0.5) is 0 Å². The lowest BCUT2D eigenvalue weighted by molar-refractivity contribution is 0.413. The molecule has 100 valence electrons. The molecule has 0 radical (unpaired) electrons. The van der Waals surface area contributed by atoms with Gasteiger partial charge in [0.15, 0.2) is 0 Å². The largest absolute Gasteiger partial charge is 0.496 e. The van der Waals surface area contributed by atoms with E-state index < -0.39 is 0 Å². The van der Waals surface area contributed by atoms with Gasteiger partial charge in [-0.3, -0.25) is 0 Å². The summed E-state index contributed by atoms with van der Waals surface area (Å²) in [5.41, 5.74) is 7.45. The van der Waals surface area contributed by atoms with Crippen molar-refractivity contribution in [2.45, 2.75) is 20.4 Å². The number of rotatable bonds is 4. The van der Waals surface area contributed by atoms with Gasteiger partial charge in [-0.2, -0.15) is 5.10 Å². The van der Waals surface area contributed by atoms with E-state index in [2.05, 4.69) is 10.1 Å². The summed E-state index contributed by atoms with van der Waals surface area (Å²) in [6.07, 6.45) is 0. The van der Waals surface area contributed by atoms with Crippen molar-refractivity contribution in [3.05, 3.63) is 41.0 Å². The molecule has 0 spiro atoms. The van der Waals surface area contributed by atoms with E-state index in [1.807, 2.05) is 36.7 Å². The quantitative estimate of drug-likeness (QED) is 0.859. The fourth-order valence-corrected chi connectivity index (χ4v) is 2.09. The maximum atomic E-state index is 5.64. The van der Waals surface area contributed by atoms with E-state index in [9.17, 15) is 0 Å². The topological polar surface area (TPSA) is 66.0 Å². The van der Waals surface area contributed by atoms with Crippen LogP contribution in [0.25, 0.3) is 0 Å². The molecule has 0 aliphatic carbocycles. The molecule has 19 heavy (non-hydrogen) atoms. The van der Waals surface area contributed by atoms with Crippen LogP contribution in [0.1, 0.15) is 22.8 Å². The summed E-state index contributed by atoms with van der Waals surface area (Å²) >= 11 is 4.98. The van der Waals surface area contributed by atoms with Crippen molar-refractivity contribution in [3.8, 4) is 5.75 Å². The highest BCUT2D eigenvalue weighted by Gasteiger charge is 2.09. The Kier molecular flexibility index (Phi) is 3.80. The summed E-state index contributed by atoms with van der Waals surface area (Å²) in [7, 11) is 1.60. The minimum atomic E-state index is 0.330. The van der Waals surface area contributed by atoms with Crippen LogP contribution in [0.5, 0.6) is 5.75 Å². The van der Waals surface area contributed by atoms with Gasteiger partial charge in [0.2, 0.25) is 0 Å². The Morgan fingerprint density at radius 1 is 1.42 bits per heavy atom. The van der Waals surface area contributed by atoms with Crippen LogP contribution in [0.15, 0.2) is 18.2 Å². The number of thiocarbonyl (C=S) groups is 1. The van der Waals surface area contributed by atoms with Gasteiger partial charge in [-0.1, -0.05) is 18.3 Å². The highest BCUT2D eigenvalue weighted by atomic mass is 32.1. The zero-order valence-corrected chi connectivity index (χ0v) is 12.0. The van der Waals surface area contributed by atoms with E-state index >= 15 is 0 Å². The van der Waals surface area contributed by atoms with Gasteiger partial charge in [0.05, 0.1) is 19.2 Å². The lowest BCUT2D eigenvalue weighted by Gasteiger charge is -2.10. The Labute approximate surface area is 117 Å². The van der Waals surface area contributed by atoms with Gasteiger partial charge in [0, 0.05) is 0 Å². The molecule has 0 aliphatic rings. The van der Waals surface area contributed by atoms with Crippen molar-refractivity contribution < 1.29 is 4.74 Å². The van der Waals surface area contributed by atoms with Crippen molar-refractivity contribution in [1.29, 1.82) is 0 Å². The van der Waals surface area contributed by atoms with Gasteiger partial charge in [-0.05, 0) is 31.5 Å². The number of methoxy groups -OCH3 is 1. The highest BCUT2D eigenvalue weighted by Crippen LogP contribution is 2.20. The summed E-state index contributed by atoms with van der Waals surface area (Å²) in [6.45, 7) is 4.45. The smallest absolute Gasteiger partial charge is 0.147 e. The zero-order chi connectivity index (χ0) is 14.0. The molecule has 2 N–H and O–H groups in total. The number of benzene rings is 1. The van der Waals surface area contributed by atoms with Crippen molar-refractivity contribution in [2.75, 3.05) is 7.11 Å². The van der Waals surface area contributed by atoms with E-state index in [0.29, 0.717) is 17.3 Å². The lowest BCUT2D eigenvalue weighted by atomic mass is 10.1. The third kappa shape index (κ3) is 2.90. The Balaban J connectivity index is 2.31. The molecule has 0 bridgehead atoms. The number of hydrogen-bond acceptors (Lipinski definition) is 4. The monoisotopic (exact) mass is 276 g/mol. The Bertz CT molecular complexity index is 621. The lowest BCUT2D eigenvalue weighted by Crippen LogP contribution is -2.12. The van der Waals surface area contributed by atoms with Gasteiger partial charge in [-0.25, -0.2) is 9.67 Å². The van der Waals surface area contributed by atoms with Gasteiger partial charge in [-0.15, -0.1) is 0 Å². The van der Waals surface area contributed by atoms with Gasteiger partial charge < -0.3 is 10.5 Å². The Hall–Kier alpha value is -1.95. The second-order valence-corrected chi connectivity index (χ2v) is 4.70. The van der Waals surface area contributed by atoms with Crippen LogP contribution >= 0.6 is 12.2 Å². The third-order valence-corrected chi connectivity index (χ3v) is 3.05. The molecule has 0 amide bonds. The first-order valence-corrected chi connectivity index (χ1v) is 6.27. The fraction of sp³-hybridized carbons (Fsp3) is 0.308. The number of nitrogens with two attached hydrogens (primary N) is 1. The molecule has 0 fully saturated rings. The summed E-state index contributed by atoms with van der Waals surface area (Å²) in [4.78, 5) is 4.61. The average Bonchev–Trinajstić information content (AvgIpc) is 2.67. The molecule has 0 saturated heterocycles. The fourth-order valence-electron chi connectivity index (χ4n) is 1.92. The second kappa shape index (κ2) is 5.36. The van der Waals surface area contributed by atoms with Crippen LogP contribution in [-0.4, -0.2) is 26.9 Å². The molecule has 0 atom stereocenters. The first-order valence-electron chi connectivity index (χ1n) is 5.86. The molecule has 0 unspecified atom stereocenters. The van der Waals surface area contributed by atoms with Crippen LogP contribution in [0.3, 0.4) is 0 Å². The number of ether oxygens (including phenoxy) is 1. The Morgan fingerprint density at radius 2 is 2.16 bits per heavy atom. The SMILES string of the molecule is COc1cc(Cn2nc(C)nc2C)ccc1C(N)=S. The summed E-state index contributed by atoms with van der Waals surface area (Å²) in [5, 5.41) is 4.33. The first-order chi connectivity index (χ1) is 9.01.